The number of rotatable bonds is 6. The number of aromatic nitrogens is 2. The van der Waals surface area contributed by atoms with Crippen LogP contribution in [-0.4, -0.2) is 97.0 Å². The van der Waals surface area contributed by atoms with Crippen molar-refractivity contribution in [2.45, 2.75) is 11.4 Å². The van der Waals surface area contributed by atoms with E-state index in [1.54, 1.807) is 18.3 Å². The molecule has 10 heteroatoms. The summed E-state index contributed by atoms with van der Waals surface area (Å²) in [6.45, 7) is 6.30. The van der Waals surface area contributed by atoms with E-state index in [1.165, 1.54) is 16.4 Å². The summed E-state index contributed by atoms with van der Waals surface area (Å²) in [5.41, 5.74) is 0.516. The third-order valence-electron chi connectivity index (χ3n) is 5.60. The molecule has 2 aliphatic rings. The normalized spacial score (nSPS) is 19.1. The van der Waals surface area contributed by atoms with Crippen molar-refractivity contribution in [1.82, 2.24) is 23.7 Å². The van der Waals surface area contributed by atoms with Crippen molar-refractivity contribution < 1.29 is 17.9 Å². The highest BCUT2D eigenvalue weighted by Crippen LogP contribution is 2.19. The molecule has 2 fully saturated rings. The molecule has 1 amide bonds. The molecule has 3 heterocycles. The van der Waals surface area contributed by atoms with Crippen LogP contribution >= 0.6 is 0 Å². The van der Waals surface area contributed by atoms with E-state index >= 15 is 0 Å². The maximum Gasteiger partial charge on any atom is 0.253 e. The molecule has 162 valence electrons. The second kappa shape index (κ2) is 9.25. The van der Waals surface area contributed by atoms with Crippen LogP contribution in [0.25, 0.3) is 0 Å². The van der Waals surface area contributed by atoms with Crippen LogP contribution in [0.4, 0.5) is 0 Å². The van der Waals surface area contributed by atoms with Gasteiger partial charge in [-0.05, 0) is 24.3 Å². The van der Waals surface area contributed by atoms with Crippen molar-refractivity contribution >= 4 is 15.9 Å². The zero-order valence-corrected chi connectivity index (χ0v) is 17.7. The van der Waals surface area contributed by atoms with E-state index in [0.717, 1.165) is 26.2 Å². The number of piperazine rings is 1. The molecule has 1 aromatic carbocycles. The van der Waals surface area contributed by atoms with E-state index in [-0.39, 0.29) is 10.8 Å². The van der Waals surface area contributed by atoms with Gasteiger partial charge in [0.2, 0.25) is 10.0 Å². The van der Waals surface area contributed by atoms with E-state index in [4.69, 9.17) is 4.74 Å². The monoisotopic (exact) mass is 433 g/mol. The molecular weight excluding hydrogens is 406 g/mol. The molecule has 30 heavy (non-hydrogen) atoms. The third-order valence-corrected chi connectivity index (χ3v) is 7.52. The highest BCUT2D eigenvalue weighted by atomic mass is 32.2. The number of ether oxygens (including phenoxy) is 1. The largest absolute Gasteiger partial charge is 0.379 e. The minimum Gasteiger partial charge on any atom is -0.379 e. The Labute approximate surface area is 176 Å². The molecule has 0 saturated carbocycles. The predicted octanol–water partition coefficient (Wildman–Crippen LogP) is 0.362. The van der Waals surface area contributed by atoms with Crippen LogP contribution in [0.2, 0.25) is 0 Å². The van der Waals surface area contributed by atoms with Crippen molar-refractivity contribution in [2.24, 2.45) is 0 Å². The van der Waals surface area contributed by atoms with Crippen LogP contribution in [-0.2, 0) is 21.3 Å². The topological polar surface area (TPSA) is 88.0 Å². The van der Waals surface area contributed by atoms with Crippen LogP contribution in [0, 0.1) is 0 Å². The SMILES string of the molecule is O=C(c1ccc(S(=O)(=O)N2CCOCC2)cc1)N1CCN(CCn2ccnc2)CC1. The Morgan fingerprint density at radius 3 is 2.30 bits per heavy atom. The summed E-state index contributed by atoms with van der Waals surface area (Å²) in [7, 11) is -3.55. The number of hydrogen-bond acceptors (Lipinski definition) is 6. The van der Waals surface area contributed by atoms with Crippen molar-refractivity contribution in [1.29, 1.82) is 0 Å². The molecule has 2 aliphatic heterocycles. The quantitative estimate of drug-likeness (QED) is 0.654. The molecule has 4 rings (SSSR count). The summed E-state index contributed by atoms with van der Waals surface area (Å²) in [5, 5.41) is 0. The van der Waals surface area contributed by atoms with Crippen molar-refractivity contribution in [3.8, 4) is 0 Å². The lowest BCUT2D eigenvalue weighted by atomic mass is 10.2. The lowest BCUT2D eigenvalue weighted by Gasteiger charge is -2.34. The molecule has 0 spiro atoms. The molecule has 0 unspecified atom stereocenters. The van der Waals surface area contributed by atoms with Gasteiger partial charge in [-0.3, -0.25) is 9.69 Å². The number of hydrogen-bond donors (Lipinski definition) is 0. The van der Waals surface area contributed by atoms with Crippen LogP contribution in [0.5, 0.6) is 0 Å². The maximum atomic E-state index is 12.8. The summed E-state index contributed by atoms with van der Waals surface area (Å²) in [4.78, 5) is 21.3. The van der Waals surface area contributed by atoms with Crippen molar-refractivity contribution in [3.63, 3.8) is 0 Å². The average Bonchev–Trinajstić information content (AvgIpc) is 3.32. The number of carbonyl (C=O) groups excluding carboxylic acids is 1. The number of sulfonamides is 1. The van der Waals surface area contributed by atoms with E-state index in [1.807, 2.05) is 22.0 Å². The van der Waals surface area contributed by atoms with Gasteiger partial charge < -0.3 is 14.2 Å². The molecule has 1 aromatic heterocycles. The Hall–Kier alpha value is -2.27. The van der Waals surface area contributed by atoms with E-state index in [9.17, 15) is 13.2 Å². The van der Waals surface area contributed by atoms with Gasteiger partial charge in [-0.15, -0.1) is 0 Å². The van der Waals surface area contributed by atoms with Gasteiger partial charge in [-0.1, -0.05) is 0 Å². The number of imidazole rings is 1. The Kier molecular flexibility index (Phi) is 6.47. The lowest BCUT2D eigenvalue weighted by Crippen LogP contribution is -2.49. The Morgan fingerprint density at radius 2 is 1.67 bits per heavy atom. The highest BCUT2D eigenvalue weighted by molar-refractivity contribution is 7.89. The fourth-order valence-corrected chi connectivity index (χ4v) is 5.15. The fourth-order valence-electron chi connectivity index (χ4n) is 3.74. The van der Waals surface area contributed by atoms with Crippen LogP contribution < -0.4 is 0 Å². The molecule has 9 nitrogen and oxygen atoms in total. The summed E-state index contributed by atoms with van der Waals surface area (Å²) in [6, 6.07) is 6.28. The van der Waals surface area contributed by atoms with Crippen LogP contribution in [0.3, 0.4) is 0 Å². The number of nitrogens with zero attached hydrogens (tertiary/aromatic N) is 5. The first-order valence-corrected chi connectivity index (χ1v) is 11.6. The van der Waals surface area contributed by atoms with Crippen LogP contribution in [0.1, 0.15) is 10.4 Å². The molecule has 0 bridgehead atoms. The Balaban J connectivity index is 1.32. The first kappa shape index (κ1) is 21.0. The highest BCUT2D eigenvalue weighted by Gasteiger charge is 2.27. The third kappa shape index (κ3) is 4.72. The molecule has 0 aliphatic carbocycles. The average molecular weight is 434 g/mol. The number of benzene rings is 1. The van der Waals surface area contributed by atoms with Gasteiger partial charge in [0.15, 0.2) is 0 Å². The maximum absolute atomic E-state index is 12.8. The van der Waals surface area contributed by atoms with Gasteiger partial charge in [-0.25, -0.2) is 13.4 Å². The standard InChI is InChI=1S/C20H27N5O4S/c26-20(24-11-9-22(10-12-24)7-8-23-6-5-21-17-23)18-1-3-19(4-2-18)30(27,28)25-13-15-29-16-14-25/h1-6,17H,7-16H2. The van der Waals surface area contributed by atoms with Crippen LogP contribution in [0.15, 0.2) is 47.9 Å². The zero-order chi connectivity index (χ0) is 21.0. The van der Waals surface area contributed by atoms with Crippen molar-refractivity contribution in [3.05, 3.63) is 48.5 Å². The molecule has 2 aromatic rings. The number of carbonyl (C=O) groups is 1. The first-order valence-electron chi connectivity index (χ1n) is 10.2. The van der Waals surface area contributed by atoms with Gasteiger partial charge >= 0.3 is 0 Å². The predicted molar refractivity (Wildman–Crippen MR) is 111 cm³/mol. The van der Waals surface area contributed by atoms with Gasteiger partial charge in [-0.2, -0.15) is 4.31 Å². The molecular formula is C20H27N5O4S. The zero-order valence-electron chi connectivity index (χ0n) is 16.9. The summed E-state index contributed by atoms with van der Waals surface area (Å²) in [6.07, 6.45) is 5.53. The number of morpholine rings is 1. The molecule has 0 N–H and O–H groups in total. The van der Waals surface area contributed by atoms with Gasteiger partial charge in [0, 0.05) is 70.3 Å². The van der Waals surface area contributed by atoms with Gasteiger partial charge in [0.05, 0.1) is 24.4 Å². The van der Waals surface area contributed by atoms with E-state index < -0.39 is 10.0 Å². The smallest absolute Gasteiger partial charge is 0.253 e. The summed E-state index contributed by atoms with van der Waals surface area (Å²) >= 11 is 0. The van der Waals surface area contributed by atoms with Gasteiger partial charge in [0.1, 0.15) is 0 Å². The minimum atomic E-state index is -3.55. The fraction of sp³-hybridized carbons (Fsp3) is 0.500. The minimum absolute atomic E-state index is 0.0559. The van der Waals surface area contributed by atoms with Gasteiger partial charge in [0.25, 0.3) is 5.91 Å². The second-order valence-electron chi connectivity index (χ2n) is 7.48. The molecule has 2 saturated heterocycles. The Bertz CT molecular complexity index is 932. The first-order chi connectivity index (χ1) is 14.5. The lowest BCUT2D eigenvalue weighted by molar-refractivity contribution is 0.0633. The van der Waals surface area contributed by atoms with Crippen molar-refractivity contribution in [2.75, 3.05) is 59.0 Å². The van der Waals surface area contributed by atoms with E-state index in [0.29, 0.717) is 45.0 Å². The number of amides is 1. The van der Waals surface area contributed by atoms with E-state index in [2.05, 4.69) is 9.88 Å². The summed E-state index contributed by atoms with van der Waals surface area (Å²) in [5.74, 6) is -0.0559. The molecule has 0 radical (unpaired) electrons. The Morgan fingerprint density at radius 1 is 0.967 bits per heavy atom. The summed E-state index contributed by atoms with van der Waals surface area (Å²) < 4.78 is 34.1. The second-order valence-corrected chi connectivity index (χ2v) is 9.41. The molecule has 0 atom stereocenters.